The van der Waals surface area contributed by atoms with Gasteiger partial charge in [-0.1, -0.05) is 20.3 Å². The molecule has 0 heterocycles. The van der Waals surface area contributed by atoms with Crippen LogP contribution in [0.2, 0.25) is 0 Å². The maximum atomic E-state index is 11.2. The smallest absolute Gasteiger partial charge is 0.306 e. The van der Waals surface area contributed by atoms with E-state index in [1.807, 2.05) is 13.8 Å². The van der Waals surface area contributed by atoms with Crippen molar-refractivity contribution in [1.82, 2.24) is 0 Å². The van der Waals surface area contributed by atoms with Crippen molar-refractivity contribution < 1.29 is 19.1 Å². The molecule has 0 radical (unpaired) electrons. The van der Waals surface area contributed by atoms with Crippen LogP contribution in [0.5, 0.6) is 0 Å². The number of hydrogen-bond acceptors (Lipinski definition) is 4. The lowest BCUT2D eigenvalue weighted by Crippen LogP contribution is -2.22. The summed E-state index contributed by atoms with van der Waals surface area (Å²) in [7, 11) is 0. The molecule has 1 atom stereocenters. The Morgan fingerprint density at radius 2 is 1.75 bits per heavy atom. The first-order valence-electron chi connectivity index (χ1n) is 5.95. The summed E-state index contributed by atoms with van der Waals surface area (Å²) in [5.74, 6) is -0.458. The van der Waals surface area contributed by atoms with Crippen LogP contribution in [0.25, 0.3) is 0 Å². The molecule has 0 bridgehead atoms. The van der Waals surface area contributed by atoms with Crippen LogP contribution in [-0.2, 0) is 19.1 Å². The second-order valence-electron chi connectivity index (χ2n) is 3.84. The van der Waals surface area contributed by atoms with Crippen LogP contribution in [0.15, 0.2) is 0 Å². The number of ether oxygens (including phenoxy) is 2. The number of carbonyl (C=O) groups excluding carboxylic acids is 2. The van der Waals surface area contributed by atoms with Crippen molar-refractivity contribution in [3.05, 3.63) is 0 Å². The SMILES string of the molecule is CCCCC(=O)OC(C)COC(=O)CCC. The number of unbranched alkanes of at least 4 members (excludes halogenated alkanes) is 1. The van der Waals surface area contributed by atoms with E-state index in [-0.39, 0.29) is 24.6 Å². The van der Waals surface area contributed by atoms with Gasteiger partial charge in [0.1, 0.15) is 12.7 Å². The molecule has 0 aliphatic rings. The molecule has 94 valence electrons. The Bertz CT molecular complexity index is 213. The maximum Gasteiger partial charge on any atom is 0.306 e. The fourth-order valence-corrected chi connectivity index (χ4v) is 1.13. The Balaban J connectivity index is 3.61. The molecule has 0 saturated carbocycles. The lowest BCUT2D eigenvalue weighted by molar-refractivity contribution is -0.158. The first-order valence-corrected chi connectivity index (χ1v) is 5.95. The average molecular weight is 230 g/mol. The van der Waals surface area contributed by atoms with E-state index in [2.05, 4.69) is 0 Å². The van der Waals surface area contributed by atoms with Gasteiger partial charge in [0.2, 0.25) is 0 Å². The first-order chi connectivity index (χ1) is 7.60. The second-order valence-corrected chi connectivity index (χ2v) is 3.84. The van der Waals surface area contributed by atoms with E-state index >= 15 is 0 Å². The zero-order valence-corrected chi connectivity index (χ0v) is 10.5. The molecular weight excluding hydrogens is 208 g/mol. The van der Waals surface area contributed by atoms with Gasteiger partial charge in [-0.3, -0.25) is 9.59 Å². The van der Waals surface area contributed by atoms with Crippen LogP contribution >= 0.6 is 0 Å². The Labute approximate surface area is 97.3 Å². The van der Waals surface area contributed by atoms with Gasteiger partial charge in [-0.15, -0.1) is 0 Å². The van der Waals surface area contributed by atoms with E-state index in [9.17, 15) is 9.59 Å². The summed E-state index contributed by atoms with van der Waals surface area (Å²) < 4.78 is 10.00. The van der Waals surface area contributed by atoms with Crippen molar-refractivity contribution in [3.8, 4) is 0 Å². The fourth-order valence-electron chi connectivity index (χ4n) is 1.13. The Kier molecular flexibility index (Phi) is 8.58. The number of esters is 2. The van der Waals surface area contributed by atoms with Crippen molar-refractivity contribution in [2.45, 2.75) is 59.0 Å². The maximum absolute atomic E-state index is 11.2. The lowest BCUT2D eigenvalue weighted by Gasteiger charge is -2.13. The number of carbonyl (C=O) groups is 2. The van der Waals surface area contributed by atoms with E-state index in [1.165, 1.54) is 0 Å². The van der Waals surface area contributed by atoms with Crippen molar-refractivity contribution >= 4 is 11.9 Å². The third-order valence-corrected chi connectivity index (χ3v) is 2.00. The molecule has 0 spiro atoms. The van der Waals surface area contributed by atoms with Crippen molar-refractivity contribution in [2.75, 3.05) is 6.61 Å². The summed E-state index contributed by atoms with van der Waals surface area (Å²) in [6.45, 7) is 5.80. The van der Waals surface area contributed by atoms with Gasteiger partial charge in [0.05, 0.1) is 0 Å². The van der Waals surface area contributed by atoms with Gasteiger partial charge >= 0.3 is 11.9 Å². The normalized spacial score (nSPS) is 11.9. The van der Waals surface area contributed by atoms with Gasteiger partial charge in [-0.05, 0) is 19.8 Å². The first kappa shape index (κ1) is 14.9. The Hall–Kier alpha value is -1.06. The largest absolute Gasteiger partial charge is 0.462 e. The predicted molar refractivity (Wildman–Crippen MR) is 60.9 cm³/mol. The average Bonchev–Trinajstić information content (AvgIpc) is 2.24. The van der Waals surface area contributed by atoms with Crippen LogP contribution < -0.4 is 0 Å². The van der Waals surface area contributed by atoms with Gasteiger partial charge in [0.15, 0.2) is 0 Å². The van der Waals surface area contributed by atoms with E-state index in [1.54, 1.807) is 6.92 Å². The summed E-state index contributed by atoms with van der Waals surface area (Å²) in [5, 5.41) is 0. The highest BCUT2D eigenvalue weighted by Gasteiger charge is 2.11. The van der Waals surface area contributed by atoms with E-state index in [0.717, 1.165) is 19.3 Å². The van der Waals surface area contributed by atoms with Crippen molar-refractivity contribution in [1.29, 1.82) is 0 Å². The number of rotatable bonds is 8. The van der Waals surface area contributed by atoms with Crippen molar-refractivity contribution in [3.63, 3.8) is 0 Å². The van der Waals surface area contributed by atoms with Crippen LogP contribution in [0.1, 0.15) is 52.9 Å². The summed E-state index contributed by atoms with van der Waals surface area (Å²) in [6, 6.07) is 0. The minimum Gasteiger partial charge on any atom is -0.462 e. The molecule has 0 fully saturated rings. The van der Waals surface area contributed by atoms with Gasteiger partial charge in [0.25, 0.3) is 0 Å². The van der Waals surface area contributed by atoms with Crippen LogP contribution in [0.3, 0.4) is 0 Å². The van der Waals surface area contributed by atoms with E-state index in [4.69, 9.17) is 9.47 Å². The quantitative estimate of drug-likeness (QED) is 0.601. The fraction of sp³-hybridized carbons (Fsp3) is 0.833. The van der Waals surface area contributed by atoms with Crippen molar-refractivity contribution in [2.24, 2.45) is 0 Å². The zero-order chi connectivity index (χ0) is 12.4. The molecule has 0 aliphatic carbocycles. The van der Waals surface area contributed by atoms with Gasteiger partial charge in [-0.25, -0.2) is 0 Å². The highest BCUT2D eigenvalue weighted by Crippen LogP contribution is 2.01. The highest BCUT2D eigenvalue weighted by atomic mass is 16.6. The molecule has 4 nitrogen and oxygen atoms in total. The van der Waals surface area contributed by atoms with Crippen LogP contribution in [0.4, 0.5) is 0 Å². The molecule has 0 amide bonds. The third kappa shape index (κ3) is 8.26. The molecule has 0 rings (SSSR count). The third-order valence-electron chi connectivity index (χ3n) is 2.00. The van der Waals surface area contributed by atoms with E-state index < -0.39 is 0 Å². The molecule has 0 aromatic heterocycles. The molecule has 0 aliphatic heterocycles. The van der Waals surface area contributed by atoms with Crippen LogP contribution in [-0.4, -0.2) is 24.6 Å². The lowest BCUT2D eigenvalue weighted by atomic mass is 10.2. The molecular formula is C12H22O4. The van der Waals surface area contributed by atoms with Gasteiger partial charge in [-0.2, -0.15) is 0 Å². The summed E-state index contributed by atoms with van der Waals surface area (Å²) in [4.78, 5) is 22.3. The van der Waals surface area contributed by atoms with Crippen LogP contribution in [0, 0.1) is 0 Å². The standard InChI is InChI=1S/C12H22O4/c1-4-6-8-12(14)16-10(3)9-15-11(13)7-5-2/h10H,4-9H2,1-3H3. The summed E-state index contributed by atoms with van der Waals surface area (Å²) in [6.07, 6.45) is 3.06. The minimum atomic E-state index is -0.356. The topological polar surface area (TPSA) is 52.6 Å². The molecule has 0 N–H and O–H groups in total. The van der Waals surface area contributed by atoms with Gasteiger partial charge < -0.3 is 9.47 Å². The monoisotopic (exact) mass is 230 g/mol. The highest BCUT2D eigenvalue weighted by molar-refractivity contribution is 5.70. The second kappa shape index (κ2) is 9.19. The molecule has 0 aromatic rings. The summed E-state index contributed by atoms with van der Waals surface area (Å²) in [5.41, 5.74) is 0. The molecule has 4 heteroatoms. The Morgan fingerprint density at radius 3 is 2.31 bits per heavy atom. The minimum absolute atomic E-state index is 0.150. The van der Waals surface area contributed by atoms with E-state index in [0.29, 0.717) is 12.8 Å². The molecule has 0 saturated heterocycles. The molecule has 16 heavy (non-hydrogen) atoms. The number of hydrogen-bond donors (Lipinski definition) is 0. The zero-order valence-electron chi connectivity index (χ0n) is 10.5. The Morgan fingerprint density at radius 1 is 1.06 bits per heavy atom. The van der Waals surface area contributed by atoms with Gasteiger partial charge in [0, 0.05) is 12.8 Å². The molecule has 0 aromatic carbocycles. The predicted octanol–water partition coefficient (Wildman–Crippen LogP) is 2.45. The summed E-state index contributed by atoms with van der Waals surface area (Å²) >= 11 is 0. The molecule has 1 unspecified atom stereocenters.